The Labute approximate surface area is 362 Å². The lowest BCUT2D eigenvalue weighted by molar-refractivity contribution is 0.465. The monoisotopic (exact) mass is 843 g/mol. The van der Waals surface area contributed by atoms with Crippen LogP contribution in [0.2, 0.25) is 0 Å². The highest BCUT2D eigenvalue weighted by Crippen LogP contribution is 2.61. The molecule has 0 bridgehead atoms. The van der Waals surface area contributed by atoms with Crippen LogP contribution >= 0.6 is 7.26 Å². The lowest BCUT2D eigenvalue weighted by Crippen LogP contribution is -2.13. The van der Waals surface area contributed by atoms with Crippen LogP contribution < -0.4 is 0 Å². The molecule has 0 aromatic rings. The van der Waals surface area contributed by atoms with E-state index < -0.39 is 23.1 Å². The molecule has 0 fully saturated rings. The lowest BCUT2D eigenvalue weighted by Gasteiger charge is -2.28. The molecule has 344 valence electrons. The van der Waals surface area contributed by atoms with Crippen molar-refractivity contribution in [1.82, 2.24) is 0 Å². The second-order valence-electron chi connectivity index (χ2n) is 18.6. The van der Waals surface area contributed by atoms with Crippen molar-refractivity contribution in [2.75, 3.05) is 30.4 Å². The molecule has 0 aromatic carbocycles. The fraction of sp³-hybridized carbons (Fsp3) is 0.962. The highest BCUT2D eigenvalue weighted by molar-refractivity contribution is 7.85. The molecule has 0 spiro atoms. The number of hydrogen-bond donors (Lipinski definition) is 0. The third-order valence-corrected chi connectivity index (χ3v) is 18.3. The lowest BCUT2D eigenvalue weighted by atomic mass is 10.1. The first-order valence-electron chi connectivity index (χ1n) is 26.1. The average Bonchev–Trinajstić information content (AvgIpc) is 3.17. The highest BCUT2D eigenvalue weighted by atomic mass is 32.2. The van der Waals surface area contributed by atoms with Crippen LogP contribution in [0.1, 0.15) is 291 Å². The highest BCUT2D eigenvalue weighted by Gasteiger charge is 2.35. The van der Waals surface area contributed by atoms with Gasteiger partial charge in [0.05, 0.1) is 40.5 Å². The average molecular weight is 843 g/mol. The van der Waals surface area contributed by atoms with Gasteiger partial charge in [-0.1, -0.05) is 245 Å². The minimum Gasteiger partial charge on any atom is -0.748 e. The molecule has 57 heavy (non-hydrogen) atoms. The zero-order chi connectivity index (χ0) is 42.4. The van der Waals surface area contributed by atoms with Crippen LogP contribution in [-0.2, 0) is 10.1 Å². The second-order valence-corrected chi connectivity index (χ2v) is 24.5. The van der Waals surface area contributed by atoms with Gasteiger partial charge < -0.3 is 4.55 Å². The molecule has 0 heterocycles. The van der Waals surface area contributed by atoms with Crippen LogP contribution in [0.25, 0.3) is 0 Å². The molecule has 3 nitrogen and oxygen atoms in total. The Balaban J connectivity index is 0. The summed E-state index contributed by atoms with van der Waals surface area (Å²) in [6.07, 6.45) is 66.2. The summed E-state index contributed by atoms with van der Waals surface area (Å²) in [5, 5.41) is 0. The van der Waals surface area contributed by atoms with E-state index in [0.717, 1.165) is 0 Å². The van der Waals surface area contributed by atoms with Crippen molar-refractivity contribution in [3.63, 3.8) is 0 Å². The van der Waals surface area contributed by atoms with E-state index in [1.165, 1.54) is 238 Å². The Hall–Kier alpha value is 0.0800. The quantitative estimate of drug-likeness (QED) is 0.0265. The van der Waals surface area contributed by atoms with Crippen LogP contribution in [0.15, 0.2) is 12.2 Å². The van der Waals surface area contributed by atoms with Gasteiger partial charge in [-0.2, -0.15) is 0 Å². The van der Waals surface area contributed by atoms with E-state index >= 15 is 0 Å². The summed E-state index contributed by atoms with van der Waals surface area (Å²) >= 11 is 0. The van der Waals surface area contributed by atoms with Crippen molar-refractivity contribution < 1.29 is 13.0 Å². The van der Waals surface area contributed by atoms with Gasteiger partial charge in [0.15, 0.2) is 0 Å². The first kappa shape index (κ1) is 59.2. The van der Waals surface area contributed by atoms with E-state index in [2.05, 4.69) is 34.3 Å². The van der Waals surface area contributed by atoms with Crippen LogP contribution in [0, 0.1) is 0 Å². The largest absolute Gasteiger partial charge is 0.748 e. The summed E-state index contributed by atoms with van der Waals surface area (Å²) < 4.78 is 29.5. The van der Waals surface area contributed by atoms with Crippen LogP contribution in [0.4, 0.5) is 0 Å². The van der Waals surface area contributed by atoms with E-state index in [9.17, 15) is 13.0 Å². The summed E-state index contributed by atoms with van der Waals surface area (Å²) in [5.41, 5.74) is 0.375. The van der Waals surface area contributed by atoms with Gasteiger partial charge in [-0.15, -0.1) is 0 Å². The molecule has 0 atom stereocenters. The summed E-state index contributed by atoms with van der Waals surface area (Å²) in [4.78, 5) is 0. The van der Waals surface area contributed by atoms with Gasteiger partial charge >= 0.3 is 0 Å². The number of unbranched alkanes of at least 4 members (excludes halogenated alkanes) is 36. The molecule has 0 saturated carbocycles. The molecule has 0 aromatic heterocycles. The molecule has 0 N–H and O–H groups in total. The Kier molecular flexibility index (Phi) is 48.9. The van der Waals surface area contributed by atoms with E-state index in [1.54, 1.807) is 50.3 Å². The third-order valence-electron chi connectivity index (χ3n) is 12.4. The van der Waals surface area contributed by atoms with Crippen molar-refractivity contribution in [3.05, 3.63) is 12.2 Å². The first-order chi connectivity index (χ1) is 27.7. The molecule has 0 aliphatic heterocycles. The van der Waals surface area contributed by atoms with E-state index in [1.807, 2.05) is 0 Å². The van der Waals surface area contributed by atoms with Gasteiger partial charge in [-0.05, 0) is 58.3 Å². The fourth-order valence-corrected chi connectivity index (χ4v) is 14.2. The van der Waals surface area contributed by atoms with Gasteiger partial charge in [0.2, 0.25) is 0 Å². The molecule has 0 aliphatic rings. The van der Waals surface area contributed by atoms with Gasteiger partial charge in [0.1, 0.15) is 0 Å². The zero-order valence-corrected chi connectivity index (χ0v) is 41.8. The topological polar surface area (TPSA) is 57.2 Å². The van der Waals surface area contributed by atoms with Crippen molar-refractivity contribution in [2.24, 2.45) is 0 Å². The van der Waals surface area contributed by atoms with E-state index in [4.69, 9.17) is 0 Å². The summed E-state index contributed by atoms with van der Waals surface area (Å²) in [6, 6.07) is 0. The standard InChI is InChI=1S/C48H100P.C4H8O3S/c1-5-9-13-17-21-25-29-33-37-41-45-49(46-42-38-34-30-26-22-18-14-10-6-2,47-43-39-35-31-27-23-19-15-11-7-3)48-44-40-36-32-28-24-20-16-12-8-4;1-4(2)3-8(5,6)7/h5-48H2,1-4H3;1,3H2,2H3,(H,5,6,7)/q+1;/p-1. The normalized spacial score (nSPS) is 11.9. The van der Waals surface area contributed by atoms with Crippen LogP contribution in [0.5, 0.6) is 0 Å². The van der Waals surface area contributed by atoms with Crippen molar-refractivity contribution in [2.45, 2.75) is 291 Å². The minimum absolute atomic E-state index is 0.375. The third kappa shape index (κ3) is 50.3. The molecular weight excluding hydrogens is 736 g/mol. The smallest absolute Gasteiger partial charge is 0.0984 e. The Morgan fingerprint density at radius 1 is 0.351 bits per heavy atom. The van der Waals surface area contributed by atoms with Crippen molar-refractivity contribution in [3.8, 4) is 0 Å². The predicted octanol–water partition coefficient (Wildman–Crippen LogP) is 18.8. The van der Waals surface area contributed by atoms with E-state index in [0.29, 0.717) is 5.57 Å². The van der Waals surface area contributed by atoms with Crippen molar-refractivity contribution >= 4 is 17.4 Å². The number of hydrogen-bond acceptors (Lipinski definition) is 3. The first-order valence-corrected chi connectivity index (χ1v) is 30.2. The van der Waals surface area contributed by atoms with Gasteiger partial charge in [0, 0.05) is 7.26 Å². The predicted molar refractivity (Wildman–Crippen MR) is 263 cm³/mol. The van der Waals surface area contributed by atoms with E-state index in [-0.39, 0.29) is 0 Å². The SMILES string of the molecule is C=C(C)CS(=O)(=O)[O-].CCCCCCCCCCCC[P+](CCCCCCCCCCCC)(CCCCCCCCCCCC)CCCCCCCCCCCC. The molecule has 0 aliphatic carbocycles. The fourth-order valence-electron chi connectivity index (χ4n) is 8.71. The van der Waals surface area contributed by atoms with Crippen LogP contribution in [-0.4, -0.2) is 43.4 Å². The molecule has 0 unspecified atom stereocenters. The molecule has 0 rings (SSSR count). The summed E-state index contributed by atoms with van der Waals surface area (Å²) in [7, 11) is -4.87. The second kappa shape index (κ2) is 47.1. The maximum Gasteiger partial charge on any atom is 0.0984 e. The molecular formula is C52H107O3PS. The minimum atomic E-state index is -4.07. The van der Waals surface area contributed by atoms with Crippen LogP contribution in [0.3, 0.4) is 0 Å². The summed E-state index contributed by atoms with van der Waals surface area (Å²) in [6.45, 7) is 14.1. The molecule has 0 amide bonds. The number of rotatable bonds is 46. The van der Waals surface area contributed by atoms with Gasteiger partial charge in [-0.3, -0.25) is 0 Å². The summed E-state index contributed by atoms with van der Waals surface area (Å²) in [5.74, 6) is -0.451. The zero-order valence-electron chi connectivity index (χ0n) is 40.1. The molecule has 0 radical (unpaired) electrons. The Bertz CT molecular complexity index is 786. The maximum absolute atomic E-state index is 9.83. The Morgan fingerprint density at radius 3 is 0.632 bits per heavy atom. The maximum atomic E-state index is 9.83. The molecule has 0 saturated heterocycles. The van der Waals surface area contributed by atoms with Gasteiger partial charge in [0.25, 0.3) is 0 Å². The van der Waals surface area contributed by atoms with Gasteiger partial charge in [-0.25, -0.2) is 8.42 Å². The Morgan fingerprint density at radius 2 is 0.509 bits per heavy atom. The van der Waals surface area contributed by atoms with Crippen molar-refractivity contribution in [1.29, 1.82) is 0 Å². The molecule has 5 heteroatoms.